The second-order valence-electron chi connectivity index (χ2n) is 4.24. The van der Waals surface area contributed by atoms with Crippen molar-refractivity contribution in [2.24, 2.45) is 5.92 Å². The van der Waals surface area contributed by atoms with Gasteiger partial charge in [-0.15, -0.1) is 0 Å². The molecule has 0 amide bonds. The van der Waals surface area contributed by atoms with Crippen LogP contribution in [0.4, 0.5) is 0 Å². The fourth-order valence-corrected chi connectivity index (χ4v) is 2.96. The summed E-state index contributed by atoms with van der Waals surface area (Å²) in [6, 6.07) is 1.99. The van der Waals surface area contributed by atoms with Crippen LogP contribution in [0.1, 0.15) is 32.6 Å². The smallest absolute Gasteiger partial charge is 0.202 e. The molecule has 1 fully saturated rings. The molecule has 0 radical (unpaired) electrons. The number of rotatable bonds is 5. The molecule has 0 aromatic heterocycles. The Bertz CT molecular complexity index is 340. The lowest BCUT2D eigenvalue weighted by Gasteiger charge is -2.29. The molecule has 0 bridgehead atoms. The highest BCUT2D eigenvalue weighted by Crippen LogP contribution is 2.17. The molecule has 1 N–H and O–H groups in total. The molecule has 1 rings (SSSR count). The van der Waals surface area contributed by atoms with Crippen LogP contribution in [0.5, 0.6) is 0 Å². The highest BCUT2D eigenvalue weighted by molar-refractivity contribution is 7.87. The zero-order valence-electron chi connectivity index (χ0n) is 9.65. The van der Waals surface area contributed by atoms with E-state index in [0.717, 1.165) is 12.8 Å². The van der Waals surface area contributed by atoms with Crippen LogP contribution in [-0.2, 0) is 10.2 Å². The normalized spacial score (nSPS) is 19.5. The van der Waals surface area contributed by atoms with Crippen molar-refractivity contribution >= 4 is 10.2 Å². The van der Waals surface area contributed by atoms with E-state index < -0.39 is 10.2 Å². The van der Waals surface area contributed by atoms with Crippen molar-refractivity contribution in [1.82, 2.24) is 9.03 Å². The molecule has 6 heteroatoms. The number of hydrogen-bond donors (Lipinski definition) is 1. The van der Waals surface area contributed by atoms with E-state index in [1.54, 1.807) is 0 Å². The van der Waals surface area contributed by atoms with E-state index in [0.29, 0.717) is 38.4 Å². The van der Waals surface area contributed by atoms with E-state index in [9.17, 15) is 8.42 Å². The van der Waals surface area contributed by atoms with Crippen LogP contribution in [-0.4, -0.2) is 32.4 Å². The Balaban J connectivity index is 2.36. The summed E-state index contributed by atoms with van der Waals surface area (Å²) in [5.41, 5.74) is 0. The first-order chi connectivity index (χ1) is 7.56. The number of hydrogen-bond acceptors (Lipinski definition) is 3. The maximum atomic E-state index is 11.8. The summed E-state index contributed by atoms with van der Waals surface area (Å²) in [5.74, 6) is 0.616. The van der Waals surface area contributed by atoms with Crippen LogP contribution < -0.4 is 4.72 Å². The Morgan fingerprint density at radius 1 is 1.44 bits per heavy atom. The highest BCUT2D eigenvalue weighted by Gasteiger charge is 2.25. The minimum Gasteiger partial charge on any atom is -0.202 e. The van der Waals surface area contributed by atoms with Crippen molar-refractivity contribution in [2.45, 2.75) is 32.6 Å². The van der Waals surface area contributed by atoms with Gasteiger partial charge in [0.25, 0.3) is 10.2 Å². The van der Waals surface area contributed by atoms with E-state index in [1.807, 2.05) is 6.07 Å². The van der Waals surface area contributed by atoms with Crippen molar-refractivity contribution in [2.75, 3.05) is 19.6 Å². The molecular formula is C10H19N3O2S. The molecule has 0 unspecified atom stereocenters. The fraction of sp³-hybridized carbons (Fsp3) is 0.900. The van der Waals surface area contributed by atoms with E-state index in [4.69, 9.17) is 5.26 Å². The second-order valence-corrected chi connectivity index (χ2v) is 6.00. The molecule has 1 aliphatic heterocycles. The van der Waals surface area contributed by atoms with Crippen LogP contribution in [0.3, 0.4) is 0 Å². The number of nitriles is 1. The quantitative estimate of drug-likeness (QED) is 0.730. The Morgan fingerprint density at radius 3 is 2.62 bits per heavy atom. The van der Waals surface area contributed by atoms with Gasteiger partial charge in [-0.1, -0.05) is 6.92 Å². The zero-order chi connectivity index (χ0) is 12.0. The van der Waals surface area contributed by atoms with Gasteiger partial charge in [-0.05, 0) is 25.2 Å². The van der Waals surface area contributed by atoms with Crippen molar-refractivity contribution in [3.63, 3.8) is 0 Å². The van der Waals surface area contributed by atoms with Gasteiger partial charge in [-0.25, -0.2) is 4.72 Å². The SMILES string of the molecule is CC1CCN(S(=O)(=O)NCCCC#N)CC1. The predicted octanol–water partition coefficient (Wildman–Crippen LogP) is 0.856. The lowest BCUT2D eigenvalue weighted by molar-refractivity contribution is 0.285. The summed E-state index contributed by atoms with van der Waals surface area (Å²) in [5, 5.41) is 8.34. The van der Waals surface area contributed by atoms with Gasteiger partial charge in [0.05, 0.1) is 6.07 Å². The van der Waals surface area contributed by atoms with Crippen molar-refractivity contribution in [1.29, 1.82) is 5.26 Å². The average Bonchev–Trinajstić information content (AvgIpc) is 2.25. The predicted molar refractivity (Wildman–Crippen MR) is 61.7 cm³/mol. The molecule has 0 atom stereocenters. The topological polar surface area (TPSA) is 73.2 Å². The lowest BCUT2D eigenvalue weighted by Crippen LogP contribution is -2.44. The van der Waals surface area contributed by atoms with Gasteiger partial charge in [-0.3, -0.25) is 0 Å². The van der Waals surface area contributed by atoms with Gasteiger partial charge in [0.15, 0.2) is 0 Å². The first-order valence-corrected chi connectivity index (χ1v) is 7.12. The van der Waals surface area contributed by atoms with Crippen LogP contribution in [0, 0.1) is 17.2 Å². The minimum atomic E-state index is -3.31. The molecule has 0 spiro atoms. The Morgan fingerprint density at radius 2 is 2.06 bits per heavy atom. The molecule has 1 heterocycles. The maximum Gasteiger partial charge on any atom is 0.279 e. The maximum absolute atomic E-state index is 11.8. The first kappa shape index (κ1) is 13.4. The Labute approximate surface area is 97.6 Å². The molecule has 0 aromatic carbocycles. The van der Waals surface area contributed by atoms with Gasteiger partial charge in [-0.2, -0.15) is 18.0 Å². The van der Waals surface area contributed by atoms with Crippen LogP contribution in [0.25, 0.3) is 0 Å². The summed E-state index contributed by atoms with van der Waals surface area (Å²) in [6.45, 7) is 3.70. The minimum absolute atomic E-state index is 0.349. The van der Waals surface area contributed by atoms with Gasteiger partial charge < -0.3 is 0 Å². The fourth-order valence-electron chi connectivity index (χ4n) is 1.69. The molecule has 5 nitrogen and oxygen atoms in total. The third kappa shape index (κ3) is 4.08. The number of unbranched alkanes of at least 4 members (excludes halogenated alkanes) is 1. The van der Waals surface area contributed by atoms with E-state index in [-0.39, 0.29) is 0 Å². The van der Waals surface area contributed by atoms with Crippen molar-refractivity contribution in [3.8, 4) is 6.07 Å². The van der Waals surface area contributed by atoms with Crippen LogP contribution in [0.15, 0.2) is 0 Å². The number of nitrogens with one attached hydrogen (secondary N) is 1. The summed E-state index contributed by atoms with van der Waals surface area (Å²) in [6.07, 6.45) is 2.82. The summed E-state index contributed by atoms with van der Waals surface area (Å²) in [7, 11) is -3.31. The lowest BCUT2D eigenvalue weighted by atomic mass is 10.0. The third-order valence-electron chi connectivity index (χ3n) is 2.83. The first-order valence-electron chi connectivity index (χ1n) is 5.68. The number of piperidine rings is 1. The van der Waals surface area contributed by atoms with E-state index >= 15 is 0 Å². The van der Waals surface area contributed by atoms with E-state index in [1.165, 1.54) is 4.31 Å². The molecular weight excluding hydrogens is 226 g/mol. The van der Waals surface area contributed by atoms with Crippen LogP contribution in [0.2, 0.25) is 0 Å². The Kier molecular flexibility index (Phi) is 5.19. The van der Waals surface area contributed by atoms with Gasteiger partial charge in [0.1, 0.15) is 0 Å². The molecule has 0 aromatic rings. The summed E-state index contributed by atoms with van der Waals surface area (Å²) < 4.78 is 27.6. The third-order valence-corrected chi connectivity index (χ3v) is 4.45. The van der Waals surface area contributed by atoms with Gasteiger partial charge in [0, 0.05) is 26.1 Å². The second kappa shape index (κ2) is 6.18. The van der Waals surface area contributed by atoms with Crippen molar-refractivity contribution in [3.05, 3.63) is 0 Å². The van der Waals surface area contributed by atoms with Crippen molar-refractivity contribution < 1.29 is 8.42 Å². The standard InChI is InChI=1S/C10H19N3O2S/c1-10-4-8-13(9-5-10)16(14,15)12-7-3-2-6-11/h10,12H,2-5,7-9H2,1H3. The largest absolute Gasteiger partial charge is 0.279 e. The van der Waals surface area contributed by atoms with Gasteiger partial charge in [0.2, 0.25) is 0 Å². The van der Waals surface area contributed by atoms with E-state index in [2.05, 4.69) is 11.6 Å². The highest BCUT2D eigenvalue weighted by atomic mass is 32.2. The molecule has 1 saturated heterocycles. The number of nitrogens with zero attached hydrogens (tertiary/aromatic N) is 2. The molecule has 1 aliphatic rings. The average molecular weight is 245 g/mol. The Hall–Kier alpha value is -0.640. The monoisotopic (exact) mass is 245 g/mol. The molecule has 0 saturated carbocycles. The molecule has 0 aliphatic carbocycles. The molecule has 92 valence electrons. The van der Waals surface area contributed by atoms with Gasteiger partial charge >= 0.3 is 0 Å². The molecule has 16 heavy (non-hydrogen) atoms. The summed E-state index contributed by atoms with van der Waals surface area (Å²) >= 11 is 0. The zero-order valence-corrected chi connectivity index (χ0v) is 10.5. The summed E-state index contributed by atoms with van der Waals surface area (Å²) in [4.78, 5) is 0. The van der Waals surface area contributed by atoms with Crippen LogP contribution >= 0.6 is 0 Å².